The average Bonchev–Trinajstić information content (AvgIpc) is 3.67. The number of ether oxygens (including phenoxy) is 1. The molecule has 3 heterocycles. The first-order valence-electron chi connectivity index (χ1n) is 12.1. The number of aryl methyl sites for hydroxylation is 1. The van der Waals surface area contributed by atoms with Crippen molar-refractivity contribution >= 4 is 35.7 Å². The number of rotatable bonds is 8. The minimum Gasteiger partial charge on any atom is -0.494 e. The van der Waals surface area contributed by atoms with E-state index in [1.165, 1.54) is 19.4 Å². The molecular weight excluding hydrogens is 595 g/mol. The quantitative estimate of drug-likeness (QED) is 0.125. The van der Waals surface area contributed by atoms with Crippen molar-refractivity contribution in [1.82, 2.24) is 24.8 Å². The second kappa shape index (κ2) is 13.3. The van der Waals surface area contributed by atoms with Crippen molar-refractivity contribution in [2.24, 2.45) is 18.0 Å². The van der Waals surface area contributed by atoms with Crippen LogP contribution >= 0.6 is 19.6 Å². The Bertz CT molecular complexity index is 1650. The summed E-state index contributed by atoms with van der Waals surface area (Å²) in [4.78, 5) is 47.7. The van der Waals surface area contributed by atoms with Gasteiger partial charge in [-0.05, 0) is 42.7 Å². The van der Waals surface area contributed by atoms with E-state index < -0.39 is 32.6 Å². The van der Waals surface area contributed by atoms with Crippen molar-refractivity contribution in [3.63, 3.8) is 0 Å². The lowest BCUT2D eigenvalue weighted by Crippen LogP contribution is -2.30. The molecule has 0 bridgehead atoms. The number of aromatic nitrogens is 4. The SMILES string of the molecule is COc1cnc(C(F)F)cc1-c1cc(-c2cn(C)cn2)ncc1C(=O)N/C(=N\COP(=O)(O)O)SC(=N)C#CC1CC1. The molecule has 1 aliphatic carbocycles. The number of pyridine rings is 2. The van der Waals surface area contributed by atoms with Gasteiger partial charge in [-0.15, -0.1) is 0 Å². The molecule has 17 heteroatoms. The van der Waals surface area contributed by atoms with Crippen LogP contribution in [0.5, 0.6) is 5.75 Å². The molecule has 3 aromatic heterocycles. The Hall–Kier alpha value is -4.00. The summed E-state index contributed by atoms with van der Waals surface area (Å²) >= 11 is 0.634. The molecule has 3 aromatic rings. The van der Waals surface area contributed by atoms with Crippen LogP contribution in [0, 0.1) is 23.2 Å². The van der Waals surface area contributed by atoms with Crippen LogP contribution in [0.2, 0.25) is 0 Å². The molecule has 0 atom stereocenters. The molecule has 4 rings (SSSR count). The van der Waals surface area contributed by atoms with E-state index in [0.29, 0.717) is 23.1 Å². The van der Waals surface area contributed by atoms with E-state index in [0.717, 1.165) is 25.1 Å². The number of amidine groups is 1. The molecule has 1 fully saturated rings. The van der Waals surface area contributed by atoms with E-state index in [4.69, 9.17) is 19.9 Å². The lowest BCUT2D eigenvalue weighted by atomic mass is 9.98. The molecule has 1 saturated carbocycles. The highest BCUT2D eigenvalue weighted by atomic mass is 32.2. The van der Waals surface area contributed by atoms with Gasteiger partial charge in [0.25, 0.3) is 12.3 Å². The lowest BCUT2D eigenvalue weighted by molar-refractivity contribution is 0.0978. The molecule has 0 spiro atoms. The van der Waals surface area contributed by atoms with Crippen molar-refractivity contribution in [1.29, 1.82) is 5.41 Å². The number of aliphatic imine (C=N–C) groups is 1. The number of phosphoric ester groups is 1. The maximum atomic E-state index is 13.6. The zero-order valence-corrected chi connectivity index (χ0v) is 23.8. The van der Waals surface area contributed by atoms with E-state index >= 15 is 0 Å². The topological polar surface area (TPSA) is 185 Å². The summed E-state index contributed by atoms with van der Waals surface area (Å²) in [7, 11) is -1.81. The Balaban J connectivity index is 1.74. The highest BCUT2D eigenvalue weighted by Gasteiger charge is 2.23. The zero-order valence-electron chi connectivity index (χ0n) is 22.1. The van der Waals surface area contributed by atoms with Gasteiger partial charge in [-0.25, -0.2) is 23.3 Å². The third-order valence-electron chi connectivity index (χ3n) is 5.56. The number of amides is 1. The Morgan fingerprint density at radius 3 is 2.64 bits per heavy atom. The van der Waals surface area contributed by atoms with Crippen LogP contribution in [-0.4, -0.2) is 59.3 Å². The van der Waals surface area contributed by atoms with Gasteiger partial charge in [0, 0.05) is 36.5 Å². The minimum atomic E-state index is -4.88. The third-order valence-corrected chi connectivity index (χ3v) is 6.74. The Kier molecular flexibility index (Phi) is 9.81. The van der Waals surface area contributed by atoms with Gasteiger partial charge in [0.1, 0.15) is 22.2 Å². The number of nitrogens with one attached hydrogen (secondary N) is 2. The number of phosphoric acid groups is 1. The predicted molar refractivity (Wildman–Crippen MR) is 150 cm³/mol. The fourth-order valence-corrected chi connectivity index (χ4v) is 4.21. The number of carbonyl (C=O) groups excluding carboxylic acids is 1. The van der Waals surface area contributed by atoms with Gasteiger partial charge in [-0.2, -0.15) is 0 Å². The van der Waals surface area contributed by atoms with Crippen LogP contribution in [0.15, 0.2) is 42.0 Å². The summed E-state index contributed by atoms with van der Waals surface area (Å²) in [6.07, 6.45) is 4.49. The summed E-state index contributed by atoms with van der Waals surface area (Å²) in [5, 5.41) is 10.1. The number of thioether (sulfide) groups is 1. The van der Waals surface area contributed by atoms with E-state index in [2.05, 4.69) is 41.6 Å². The van der Waals surface area contributed by atoms with Gasteiger partial charge in [-0.1, -0.05) is 5.92 Å². The van der Waals surface area contributed by atoms with Crippen molar-refractivity contribution in [2.75, 3.05) is 13.8 Å². The zero-order chi connectivity index (χ0) is 30.4. The standard InChI is InChI=1S/C25H24F2N7O6PS/c1-34-11-20(31-12-34)18-7-15(16-8-19(23(26)27)30-10-21(16)39-2)17(9-29-18)24(35)33-25(32-13-40-41(36,37)38)42-22(28)6-5-14-3-4-14/h7-12,14,23,28H,3-4,13H2,1-2H3,(H,32,33,35)(H2,36,37,38). The summed E-state index contributed by atoms with van der Waals surface area (Å²) in [5.41, 5.74) is 0.385. The fraction of sp³-hybridized carbons (Fsp3) is 0.280. The van der Waals surface area contributed by atoms with Gasteiger partial charge in [-0.3, -0.25) is 24.7 Å². The third kappa shape index (κ3) is 8.51. The fourth-order valence-electron chi connectivity index (χ4n) is 3.44. The molecule has 0 aliphatic heterocycles. The van der Waals surface area contributed by atoms with Crippen molar-refractivity contribution in [3.8, 4) is 40.1 Å². The highest BCUT2D eigenvalue weighted by Crippen LogP contribution is 2.37. The molecule has 1 amide bonds. The first-order valence-corrected chi connectivity index (χ1v) is 14.4. The van der Waals surface area contributed by atoms with Crippen LogP contribution in [-0.2, 0) is 16.1 Å². The van der Waals surface area contributed by atoms with Gasteiger partial charge in [0.15, 0.2) is 11.9 Å². The summed E-state index contributed by atoms with van der Waals surface area (Å²) < 4.78 is 49.7. The number of methoxy groups -OCH3 is 1. The van der Waals surface area contributed by atoms with E-state index in [1.54, 1.807) is 24.1 Å². The van der Waals surface area contributed by atoms with Gasteiger partial charge < -0.3 is 24.4 Å². The first kappa shape index (κ1) is 30.9. The monoisotopic (exact) mass is 619 g/mol. The van der Waals surface area contributed by atoms with Crippen molar-refractivity contribution < 1.29 is 37.2 Å². The van der Waals surface area contributed by atoms with E-state index in [1.807, 2.05) is 0 Å². The van der Waals surface area contributed by atoms with Crippen LogP contribution in [0.1, 0.15) is 35.3 Å². The summed E-state index contributed by atoms with van der Waals surface area (Å²) in [5.74, 6) is 5.00. The largest absolute Gasteiger partial charge is 0.494 e. The smallest absolute Gasteiger partial charge is 0.471 e. The van der Waals surface area contributed by atoms with Crippen LogP contribution in [0.4, 0.5) is 8.78 Å². The Morgan fingerprint density at radius 2 is 2.02 bits per heavy atom. The molecule has 0 radical (unpaired) electrons. The number of nitrogens with zero attached hydrogens (tertiary/aromatic N) is 5. The van der Waals surface area contributed by atoms with E-state index in [9.17, 15) is 18.1 Å². The number of imidazole rings is 1. The summed E-state index contributed by atoms with van der Waals surface area (Å²) in [6, 6.07) is 2.58. The van der Waals surface area contributed by atoms with Crippen molar-refractivity contribution in [2.45, 2.75) is 19.3 Å². The number of halogens is 2. The first-order chi connectivity index (χ1) is 19.9. The maximum Gasteiger partial charge on any atom is 0.471 e. The van der Waals surface area contributed by atoms with E-state index in [-0.39, 0.29) is 38.6 Å². The normalized spacial score (nSPS) is 13.5. The minimum absolute atomic E-state index is 0.0980. The van der Waals surface area contributed by atoms with Crippen LogP contribution in [0.25, 0.3) is 22.5 Å². The second-order valence-electron chi connectivity index (χ2n) is 8.79. The number of hydrogen-bond acceptors (Lipinski definition) is 10. The molecular formula is C25H24F2N7O6PS. The molecule has 0 saturated heterocycles. The number of hydrogen-bond donors (Lipinski definition) is 4. The lowest BCUT2D eigenvalue weighted by Gasteiger charge is -2.15. The van der Waals surface area contributed by atoms with Gasteiger partial charge >= 0.3 is 7.82 Å². The average molecular weight is 620 g/mol. The Labute approximate surface area is 242 Å². The van der Waals surface area contributed by atoms with Crippen LogP contribution < -0.4 is 10.1 Å². The molecule has 0 unspecified atom stereocenters. The molecule has 220 valence electrons. The van der Waals surface area contributed by atoms with Gasteiger partial charge in [0.2, 0.25) is 0 Å². The second-order valence-corrected chi connectivity index (χ2v) is 11.0. The van der Waals surface area contributed by atoms with Gasteiger partial charge in [0.05, 0.1) is 30.9 Å². The molecule has 4 N–H and O–H groups in total. The predicted octanol–water partition coefficient (Wildman–Crippen LogP) is 3.77. The van der Waals surface area contributed by atoms with Crippen LogP contribution in [0.3, 0.4) is 0 Å². The highest BCUT2D eigenvalue weighted by molar-refractivity contribution is 8.27. The van der Waals surface area contributed by atoms with Crippen molar-refractivity contribution in [3.05, 3.63) is 48.3 Å². The molecule has 0 aromatic carbocycles. The molecule has 42 heavy (non-hydrogen) atoms. The summed E-state index contributed by atoms with van der Waals surface area (Å²) in [6.45, 7) is -0.837. The Morgan fingerprint density at radius 1 is 1.26 bits per heavy atom. The maximum absolute atomic E-state index is 13.6. The number of alkyl halides is 2. The number of carbonyl (C=O) groups is 1. The molecule has 1 aliphatic rings. The molecule has 13 nitrogen and oxygen atoms in total.